The van der Waals surface area contributed by atoms with Gasteiger partial charge < -0.3 is 5.73 Å². The van der Waals surface area contributed by atoms with Crippen molar-refractivity contribution >= 4 is 5.91 Å². The minimum absolute atomic E-state index is 0.170. The van der Waals surface area contributed by atoms with Crippen molar-refractivity contribution in [1.82, 2.24) is 20.6 Å². The predicted molar refractivity (Wildman–Crippen MR) is 56.3 cm³/mol. The Morgan fingerprint density at radius 2 is 2.12 bits per heavy atom. The Hall–Kier alpha value is -2.24. The number of hydrogen-bond acceptors (Lipinski definition) is 4. The molecule has 2 rings (SSSR count). The van der Waals surface area contributed by atoms with Crippen molar-refractivity contribution in [3.8, 4) is 0 Å². The molecule has 1 aromatic carbocycles. The van der Waals surface area contributed by atoms with Crippen molar-refractivity contribution < 1.29 is 4.79 Å². The normalized spacial score (nSPS) is 12.2. The van der Waals surface area contributed by atoms with Crippen molar-refractivity contribution in [3.63, 3.8) is 0 Å². The molecule has 0 spiro atoms. The molecule has 0 saturated carbocycles. The van der Waals surface area contributed by atoms with E-state index in [-0.39, 0.29) is 12.3 Å². The van der Waals surface area contributed by atoms with Crippen molar-refractivity contribution in [3.05, 3.63) is 41.7 Å². The van der Waals surface area contributed by atoms with E-state index in [9.17, 15) is 4.79 Å². The highest BCUT2D eigenvalue weighted by molar-refractivity contribution is 5.75. The molecule has 82 valence electrons. The molecule has 6 nitrogen and oxygen atoms in total. The van der Waals surface area contributed by atoms with E-state index in [4.69, 9.17) is 5.73 Å². The number of H-pyrrole nitrogens is 1. The maximum atomic E-state index is 11.0. The van der Waals surface area contributed by atoms with Crippen LogP contribution in [-0.4, -0.2) is 26.5 Å². The fraction of sp³-hybridized carbons (Fsp3) is 0.200. The van der Waals surface area contributed by atoms with Gasteiger partial charge in [0.1, 0.15) is 0 Å². The monoisotopic (exact) mass is 217 g/mol. The van der Waals surface area contributed by atoms with Gasteiger partial charge in [-0.05, 0) is 5.56 Å². The van der Waals surface area contributed by atoms with Crippen LogP contribution in [0, 0.1) is 0 Å². The number of nitrogens with one attached hydrogen (secondary N) is 1. The lowest BCUT2D eigenvalue weighted by Crippen LogP contribution is -2.17. The van der Waals surface area contributed by atoms with Gasteiger partial charge in [-0.1, -0.05) is 35.5 Å². The number of tetrazole rings is 1. The number of benzene rings is 1. The van der Waals surface area contributed by atoms with E-state index >= 15 is 0 Å². The molecule has 0 aliphatic carbocycles. The van der Waals surface area contributed by atoms with Crippen molar-refractivity contribution in [1.29, 1.82) is 0 Å². The summed E-state index contributed by atoms with van der Waals surface area (Å²) in [5, 5.41) is 13.6. The second-order valence-corrected chi connectivity index (χ2v) is 3.40. The summed E-state index contributed by atoms with van der Waals surface area (Å²) >= 11 is 0. The van der Waals surface area contributed by atoms with Gasteiger partial charge in [0.2, 0.25) is 5.91 Å². The minimum Gasteiger partial charge on any atom is -0.370 e. The topological polar surface area (TPSA) is 97.5 Å². The molecule has 0 radical (unpaired) electrons. The fourth-order valence-electron chi connectivity index (χ4n) is 1.56. The molecule has 16 heavy (non-hydrogen) atoms. The number of primary amides is 1. The van der Waals surface area contributed by atoms with E-state index in [1.807, 2.05) is 30.3 Å². The first-order chi connectivity index (χ1) is 7.77. The lowest BCUT2D eigenvalue weighted by Gasteiger charge is -2.10. The van der Waals surface area contributed by atoms with Crippen LogP contribution in [0.4, 0.5) is 0 Å². The first-order valence-corrected chi connectivity index (χ1v) is 4.84. The van der Waals surface area contributed by atoms with Crippen molar-refractivity contribution in [2.45, 2.75) is 12.3 Å². The van der Waals surface area contributed by atoms with Crippen LogP contribution in [-0.2, 0) is 4.79 Å². The lowest BCUT2D eigenvalue weighted by atomic mass is 9.95. The van der Waals surface area contributed by atoms with Crippen LogP contribution < -0.4 is 5.73 Å². The van der Waals surface area contributed by atoms with E-state index < -0.39 is 5.91 Å². The van der Waals surface area contributed by atoms with Gasteiger partial charge in [0, 0.05) is 6.42 Å². The van der Waals surface area contributed by atoms with Crippen LogP contribution in [0.3, 0.4) is 0 Å². The summed E-state index contributed by atoms with van der Waals surface area (Å²) in [7, 11) is 0. The van der Waals surface area contributed by atoms with E-state index in [2.05, 4.69) is 20.6 Å². The maximum Gasteiger partial charge on any atom is 0.218 e. The number of hydrogen-bond donors (Lipinski definition) is 2. The van der Waals surface area contributed by atoms with Gasteiger partial charge in [-0.3, -0.25) is 4.79 Å². The molecular weight excluding hydrogens is 206 g/mol. The fourth-order valence-corrected chi connectivity index (χ4v) is 1.56. The van der Waals surface area contributed by atoms with Gasteiger partial charge in [-0.2, -0.15) is 5.21 Å². The molecule has 3 N–H and O–H groups in total. The molecule has 1 atom stereocenters. The van der Waals surface area contributed by atoms with E-state index in [0.717, 1.165) is 5.56 Å². The summed E-state index contributed by atoms with van der Waals surface area (Å²) in [4.78, 5) is 11.0. The summed E-state index contributed by atoms with van der Waals surface area (Å²) in [6.45, 7) is 0. The summed E-state index contributed by atoms with van der Waals surface area (Å²) in [6, 6.07) is 9.50. The smallest absolute Gasteiger partial charge is 0.218 e. The minimum atomic E-state index is -0.390. The molecule has 0 saturated heterocycles. The zero-order valence-corrected chi connectivity index (χ0v) is 8.50. The Labute approximate surface area is 91.9 Å². The van der Waals surface area contributed by atoms with Gasteiger partial charge in [-0.15, -0.1) is 10.2 Å². The third-order valence-corrected chi connectivity index (χ3v) is 2.28. The summed E-state index contributed by atoms with van der Waals surface area (Å²) in [5.41, 5.74) is 6.16. The number of carbonyl (C=O) groups excluding carboxylic acids is 1. The van der Waals surface area contributed by atoms with Gasteiger partial charge in [-0.25, -0.2) is 0 Å². The molecule has 1 amide bonds. The SMILES string of the molecule is NC(=O)CC(c1ccccc1)c1nn[nH]n1. The van der Waals surface area contributed by atoms with E-state index in [1.54, 1.807) is 0 Å². The van der Waals surface area contributed by atoms with Crippen LogP contribution >= 0.6 is 0 Å². The Morgan fingerprint density at radius 3 is 2.69 bits per heavy atom. The van der Waals surface area contributed by atoms with Gasteiger partial charge in [0.25, 0.3) is 0 Å². The zero-order valence-electron chi connectivity index (χ0n) is 8.50. The van der Waals surface area contributed by atoms with Crippen molar-refractivity contribution in [2.75, 3.05) is 0 Å². The summed E-state index contributed by atoms with van der Waals surface area (Å²) in [6.07, 6.45) is 0.170. The number of nitrogens with zero attached hydrogens (tertiary/aromatic N) is 3. The van der Waals surface area contributed by atoms with E-state index in [0.29, 0.717) is 5.82 Å². The van der Waals surface area contributed by atoms with Crippen LogP contribution in [0.1, 0.15) is 23.7 Å². The molecular formula is C10H11N5O. The first kappa shape index (κ1) is 10.3. The average Bonchev–Trinajstić information content (AvgIpc) is 2.80. The molecule has 1 unspecified atom stereocenters. The number of aromatic nitrogens is 4. The molecule has 0 bridgehead atoms. The molecule has 0 fully saturated rings. The van der Waals surface area contributed by atoms with Crippen molar-refractivity contribution in [2.24, 2.45) is 5.73 Å². The van der Waals surface area contributed by atoms with E-state index in [1.165, 1.54) is 0 Å². The average molecular weight is 217 g/mol. The standard InChI is InChI=1S/C10H11N5O/c11-9(16)6-8(10-12-14-15-13-10)7-4-2-1-3-5-7/h1-5,8H,6H2,(H2,11,16)(H,12,13,14,15). The number of amides is 1. The quantitative estimate of drug-likeness (QED) is 0.764. The highest BCUT2D eigenvalue weighted by Crippen LogP contribution is 2.23. The molecule has 2 aromatic rings. The zero-order chi connectivity index (χ0) is 11.4. The largest absolute Gasteiger partial charge is 0.370 e. The molecule has 1 aromatic heterocycles. The Morgan fingerprint density at radius 1 is 1.38 bits per heavy atom. The molecule has 0 aliphatic rings. The summed E-state index contributed by atoms with van der Waals surface area (Å²) in [5.74, 6) is -0.152. The van der Waals surface area contributed by atoms with Crippen LogP contribution in [0.15, 0.2) is 30.3 Å². The first-order valence-electron chi connectivity index (χ1n) is 4.84. The Bertz CT molecular complexity index is 453. The number of aromatic amines is 1. The highest BCUT2D eigenvalue weighted by atomic mass is 16.1. The van der Waals surface area contributed by atoms with Gasteiger partial charge in [0.05, 0.1) is 5.92 Å². The van der Waals surface area contributed by atoms with Gasteiger partial charge in [0.15, 0.2) is 5.82 Å². The molecule has 1 heterocycles. The number of carbonyl (C=O) groups is 1. The highest BCUT2D eigenvalue weighted by Gasteiger charge is 2.20. The Balaban J connectivity index is 2.32. The lowest BCUT2D eigenvalue weighted by molar-refractivity contribution is -0.118. The second-order valence-electron chi connectivity index (χ2n) is 3.40. The molecule has 0 aliphatic heterocycles. The van der Waals surface area contributed by atoms with Gasteiger partial charge >= 0.3 is 0 Å². The van der Waals surface area contributed by atoms with Crippen LogP contribution in [0.5, 0.6) is 0 Å². The van der Waals surface area contributed by atoms with Crippen LogP contribution in [0.2, 0.25) is 0 Å². The summed E-state index contributed by atoms with van der Waals surface area (Å²) < 4.78 is 0. The number of rotatable bonds is 4. The Kier molecular flexibility index (Phi) is 2.90. The maximum absolute atomic E-state index is 11.0. The number of nitrogens with two attached hydrogens (primary N) is 1. The van der Waals surface area contributed by atoms with Crippen LogP contribution in [0.25, 0.3) is 0 Å². The predicted octanol–water partition coefficient (Wildman–Crippen LogP) is 0.207. The second kappa shape index (κ2) is 4.52. The molecule has 6 heteroatoms. The third-order valence-electron chi connectivity index (χ3n) is 2.28. The third kappa shape index (κ3) is 2.22.